The van der Waals surface area contributed by atoms with Gasteiger partial charge in [-0.3, -0.25) is 9.59 Å². The molecule has 0 bridgehead atoms. The third kappa shape index (κ3) is 6.21. The summed E-state index contributed by atoms with van der Waals surface area (Å²) in [6.45, 7) is 1.17. The second kappa shape index (κ2) is 9.82. The summed E-state index contributed by atoms with van der Waals surface area (Å²) in [7, 11) is 0. The maximum absolute atomic E-state index is 12.6. The molecule has 0 aliphatic carbocycles. The van der Waals surface area contributed by atoms with Crippen molar-refractivity contribution < 1.29 is 22.8 Å². The number of halogens is 4. The van der Waals surface area contributed by atoms with Gasteiger partial charge in [-0.2, -0.15) is 13.2 Å². The molecule has 0 saturated carbocycles. The lowest BCUT2D eigenvalue weighted by Gasteiger charge is -2.15. The average Bonchev–Trinajstić information content (AvgIpc) is 3.16. The molecule has 1 aromatic carbocycles. The Labute approximate surface area is 182 Å². The zero-order chi connectivity index (χ0) is 22.4. The molecule has 1 saturated heterocycles. The zero-order valence-corrected chi connectivity index (χ0v) is 17.1. The second-order valence-electron chi connectivity index (χ2n) is 6.84. The fourth-order valence-electron chi connectivity index (χ4n) is 3.01. The van der Waals surface area contributed by atoms with E-state index in [9.17, 15) is 22.8 Å². The summed E-state index contributed by atoms with van der Waals surface area (Å²) in [5, 5.41) is 5.27. The largest absolute Gasteiger partial charge is 0.417 e. The predicted molar refractivity (Wildman–Crippen MR) is 113 cm³/mol. The van der Waals surface area contributed by atoms with Crippen molar-refractivity contribution in [3.8, 4) is 0 Å². The number of alkyl halides is 3. The first-order chi connectivity index (χ1) is 14.7. The zero-order valence-electron chi connectivity index (χ0n) is 16.4. The van der Waals surface area contributed by atoms with Crippen molar-refractivity contribution in [2.45, 2.75) is 19.0 Å². The van der Waals surface area contributed by atoms with E-state index >= 15 is 0 Å². The van der Waals surface area contributed by atoms with E-state index in [1.165, 1.54) is 6.08 Å². The number of hydrogen-bond acceptors (Lipinski definition) is 4. The molecule has 164 valence electrons. The van der Waals surface area contributed by atoms with Crippen molar-refractivity contribution in [3.63, 3.8) is 0 Å². The monoisotopic (exact) mass is 452 g/mol. The van der Waals surface area contributed by atoms with E-state index < -0.39 is 11.7 Å². The van der Waals surface area contributed by atoms with Gasteiger partial charge < -0.3 is 15.5 Å². The average molecular weight is 453 g/mol. The molecule has 1 fully saturated rings. The number of carbonyl (C=O) groups is 2. The Hall–Kier alpha value is -3.07. The first-order valence-electron chi connectivity index (χ1n) is 9.57. The molecule has 2 amide bonds. The summed E-state index contributed by atoms with van der Waals surface area (Å²) in [5.41, 5.74) is 0.719. The van der Waals surface area contributed by atoms with Gasteiger partial charge in [0.2, 0.25) is 11.8 Å². The van der Waals surface area contributed by atoms with Crippen molar-refractivity contribution in [1.82, 2.24) is 10.3 Å². The molecule has 1 aromatic heterocycles. The lowest BCUT2D eigenvalue weighted by molar-refractivity contribution is -0.137. The molecular weight excluding hydrogens is 433 g/mol. The van der Waals surface area contributed by atoms with Crippen LogP contribution in [-0.4, -0.2) is 36.4 Å². The van der Waals surface area contributed by atoms with Crippen LogP contribution in [0.1, 0.15) is 24.0 Å². The number of anilines is 2. The third-order valence-corrected chi connectivity index (χ3v) is 4.88. The molecule has 1 aliphatic rings. The maximum Gasteiger partial charge on any atom is 0.417 e. The van der Waals surface area contributed by atoms with Crippen LogP contribution >= 0.6 is 11.6 Å². The van der Waals surface area contributed by atoms with E-state index in [0.717, 1.165) is 30.3 Å². The molecule has 0 spiro atoms. The van der Waals surface area contributed by atoms with Gasteiger partial charge in [0.25, 0.3) is 0 Å². The minimum Gasteiger partial charge on any atom is -0.367 e. The maximum atomic E-state index is 12.6. The predicted octanol–water partition coefficient (Wildman–Crippen LogP) is 4.12. The first kappa shape index (κ1) is 22.6. The highest BCUT2D eigenvalue weighted by molar-refractivity contribution is 6.32. The van der Waals surface area contributed by atoms with Crippen molar-refractivity contribution in [2.75, 3.05) is 29.9 Å². The highest BCUT2D eigenvalue weighted by atomic mass is 35.5. The smallest absolute Gasteiger partial charge is 0.367 e. The van der Waals surface area contributed by atoms with Crippen molar-refractivity contribution >= 4 is 41.0 Å². The van der Waals surface area contributed by atoms with Crippen LogP contribution in [0.3, 0.4) is 0 Å². The van der Waals surface area contributed by atoms with Gasteiger partial charge in [0.05, 0.1) is 10.6 Å². The van der Waals surface area contributed by atoms with Crippen LogP contribution in [0, 0.1) is 0 Å². The van der Waals surface area contributed by atoms with E-state index in [1.54, 1.807) is 11.0 Å². The van der Waals surface area contributed by atoms with Gasteiger partial charge in [0, 0.05) is 44.0 Å². The number of amides is 2. The molecule has 2 aromatic rings. The molecule has 2 N–H and O–H groups in total. The van der Waals surface area contributed by atoms with Crippen LogP contribution in [-0.2, 0) is 15.8 Å². The van der Waals surface area contributed by atoms with Crippen molar-refractivity contribution in [3.05, 3.63) is 58.8 Å². The van der Waals surface area contributed by atoms with E-state index in [-0.39, 0.29) is 35.7 Å². The minimum absolute atomic E-state index is 0.107. The third-order valence-electron chi connectivity index (χ3n) is 4.59. The summed E-state index contributed by atoms with van der Waals surface area (Å²) in [5.74, 6) is -0.104. The van der Waals surface area contributed by atoms with E-state index in [4.69, 9.17) is 11.6 Å². The summed E-state index contributed by atoms with van der Waals surface area (Å²) < 4.78 is 37.8. The van der Waals surface area contributed by atoms with E-state index in [2.05, 4.69) is 15.6 Å². The fraction of sp³-hybridized carbons (Fsp3) is 0.286. The lowest BCUT2D eigenvalue weighted by Crippen LogP contribution is -2.27. The summed E-state index contributed by atoms with van der Waals surface area (Å²) in [6.07, 6.45) is 0.627. The lowest BCUT2D eigenvalue weighted by atomic mass is 10.2. The number of benzene rings is 1. The fourth-order valence-corrected chi connectivity index (χ4v) is 3.24. The SMILES string of the molecule is O=C(/C=C/c1ccc(N2CCCC2=O)cc1)NCCNc1ncc(C(F)(F)F)cc1Cl. The Morgan fingerprint density at radius 3 is 2.58 bits per heavy atom. The summed E-state index contributed by atoms with van der Waals surface area (Å²) in [4.78, 5) is 29.1. The van der Waals surface area contributed by atoms with Gasteiger partial charge in [0.1, 0.15) is 5.82 Å². The molecule has 1 aliphatic heterocycles. The Kier molecular flexibility index (Phi) is 7.17. The van der Waals surface area contributed by atoms with Gasteiger partial charge in [-0.05, 0) is 36.3 Å². The molecule has 0 atom stereocenters. The number of pyridine rings is 1. The van der Waals surface area contributed by atoms with Gasteiger partial charge in [0.15, 0.2) is 0 Å². The normalized spacial score (nSPS) is 14.3. The number of hydrogen-bond donors (Lipinski definition) is 2. The number of nitrogens with zero attached hydrogens (tertiary/aromatic N) is 2. The molecule has 31 heavy (non-hydrogen) atoms. The van der Waals surface area contributed by atoms with Crippen LogP contribution in [0.4, 0.5) is 24.7 Å². The molecule has 0 radical (unpaired) electrons. The summed E-state index contributed by atoms with van der Waals surface area (Å²) >= 11 is 5.81. The Balaban J connectivity index is 1.43. The van der Waals surface area contributed by atoms with Crippen LogP contribution in [0.25, 0.3) is 6.08 Å². The standard InChI is InChI=1S/C21H20ClF3N4O2/c22-17-12-15(21(23,24)25)13-28-20(17)27-10-9-26-18(30)8-5-14-3-6-16(7-4-14)29-11-1-2-19(29)31/h3-8,12-13H,1-2,9-11H2,(H,26,30)(H,27,28)/b8-5+. The Morgan fingerprint density at radius 2 is 1.97 bits per heavy atom. The highest BCUT2D eigenvalue weighted by Gasteiger charge is 2.31. The second-order valence-corrected chi connectivity index (χ2v) is 7.25. The number of carbonyl (C=O) groups excluding carboxylic acids is 2. The van der Waals surface area contributed by atoms with Crippen molar-refractivity contribution in [1.29, 1.82) is 0 Å². The number of nitrogens with one attached hydrogen (secondary N) is 2. The summed E-state index contributed by atoms with van der Waals surface area (Å²) in [6, 6.07) is 8.12. The Bertz CT molecular complexity index is 978. The number of rotatable bonds is 7. The first-order valence-corrected chi connectivity index (χ1v) is 9.95. The van der Waals surface area contributed by atoms with Gasteiger partial charge in [-0.1, -0.05) is 23.7 Å². The molecule has 3 rings (SSSR count). The molecule has 10 heteroatoms. The van der Waals surface area contributed by atoms with E-state index in [0.29, 0.717) is 12.6 Å². The molecule has 0 unspecified atom stereocenters. The van der Waals surface area contributed by atoms with E-state index in [1.807, 2.05) is 24.3 Å². The molecular formula is C21H20ClF3N4O2. The number of aromatic nitrogens is 1. The van der Waals surface area contributed by atoms with Crippen LogP contribution in [0.15, 0.2) is 42.6 Å². The van der Waals surface area contributed by atoms with Gasteiger partial charge >= 0.3 is 6.18 Å². The van der Waals surface area contributed by atoms with Crippen molar-refractivity contribution in [2.24, 2.45) is 0 Å². The quantitative estimate of drug-likeness (QED) is 0.489. The van der Waals surface area contributed by atoms with Crippen LogP contribution < -0.4 is 15.5 Å². The molecule has 6 nitrogen and oxygen atoms in total. The van der Waals surface area contributed by atoms with Gasteiger partial charge in [-0.15, -0.1) is 0 Å². The highest BCUT2D eigenvalue weighted by Crippen LogP contribution is 2.32. The Morgan fingerprint density at radius 1 is 1.23 bits per heavy atom. The minimum atomic E-state index is -4.51. The topological polar surface area (TPSA) is 74.3 Å². The van der Waals surface area contributed by atoms with Crippen LogP contribution in [0.2, 0.25) is 5.02 Å². The molecule has 2 heterocycles. The van der Waals surface area contributed by atoms with Crippen LogP contribution in [0.5, 0.6) is 0 Å². The van der Waals surface area contributed by atoms with Gasteiger partial charge in [-0.25, -0.2) is 4.98 Å².